The van der Waals surface area contributed by atoms with Gasteiger partial charge in [-0.3, -0.25) is 9.59 Å². The van der Waals surface area contributed by atoms with Gasteiger partial charge in [0.25, 0.3) is 0 Å². The SMILES string of the molecule is CCCC(=O)N(Cc1ccc(Cl)cc1)C(C)C(=O)NC1CCCCC1. The van der Waals surface area contributed by atoms with Gasteiger partial charge in [0, 0.05) is 24.0 Å². The molecule has 0 aliphatic heterocycles. The van der Waals surface area contributed by atoms with E-state index in [0.717, 1.165) is 24.8 Å². The third-order valence-electron chi connectivity index (χ3n) is 4.85. The summed E-state index contributed by atoms with van der Waals surface area (Å²) in [7, 11) is 0. The van der Waals surface area contributed by atoms with Crippen molar-refractivity contribution in [3.05, 3.63) is 34.9 Å². The van der Waals surface area contributed by atoms with Crippen molar-refractivity contribution in [2.75, 3.05) is 0 Å². The first kappa shape index (κ1) is 19.8. The number of hydrogen-bond donors (Lipinski definition) is 1. The number of nitrogens with one attached hydrogen (secondary N) is 1. The maximum absolute atomic E-state index is 12.7. The van der Waals surface area contributed by atoms with Crippen LogP contribution < -0.4 is 5.32 Å². The molecule has 1 saturated carbocycles. The van der Waals surface area contributed by atoms with Crippen molar-refractivity contribution in [3.8, 4) is 0 Å². The summed E-state index contributed by atoms with van der Waals surface area (Å²) in [4.78, 5) is 26.9. The summed E-state index contributed by atoms with van der Waals surface area (Å²) in [6.07, 6.45) is 6.89. The predicted octanol–water partition coefficient (Wildman–Crippen LogP) is 4.31. The molecule has 0 heterocycles. The number of carbonyl (C=O) groups excluding carboxylic acids is 2. The van der Waals surface area contributed by atoms with Crippen molar-refractivity contribution in [1.29, 1.82) is 0 Å². The number of amides is 2. The van der Waals surface area contributed by atoms with Gasteiger partial charge in [-0.2, -0.15) is 0 Å². The molecular weight excluding hydrogens is 336 g/mol. The van der Waals surface area contributed by atoms with Gasteiger partial charge in [0.2, 0.25) is 11.8 Å². The molecule has 1 aromatic carbocycles. The minimum atomic E-state index is -0.475. The maximum Gasteiger partial charge on any atom is 0.242 e. The van der Waals surface area contributed by atoms with Crippen LogP contribution in [0.25, 0.3) is 0 Å². The molecule has 4 nitrogen and oxygen atoms in total. The average molecular weight is 365 g/mol. The second-order valence-corrected chi connectivity index (χ2v) is 7.35. The molecule has 5 heteroatoms. The fraction of sp³-hybridized carbons (Fsp3) is 0.600. The van der Waals surface area contributed by atoms with E-state index < -0.39 is 6.04 Å². The molecule has 0 bridgehead atoms. The standard InChI is InChI=1S/C20H29ClN2O2/c1-3-7-19(24)23(14-16-10-12-17(21)13-11-16)15(2)20(25)22-18-8-5-4-6-9-18/h10-13,15,18H,3-9,14H2,1-2H3,(H,22,25). The molecule has 0 spiro atoms. The number of rotatable bonds is 7. The van der Waals surface area contributed by atoms with Crippen LogP contribution in [-0.2, 0) is 16.1 Å². The number of benzene rings is 1. The van der Waals surface area contributed by atoms with Gasteiger partial charge in [-0.25, -0.2) is 0 Å². The minimum Gasteiger partial charge on any atom is -0.352 e. The maximum atomic E-state index is 12.7. The Kier molecular flexibility index (Phi) is 7.76. The van der Waals surface area contributed by atoms with Crippen LogP contribution in [0.5, 0.6) is 0 Å². The second-order valence-electron chi connectivity index (χ2n) is 6.92. The van der Waals surface area contributed by atoms with Crippen LogP contribution in [0.15, 0.2) is 24.3 Å². The smallest absolute Gasteiger partial charge is 0.242 e. The van der Waals surface area contributed by atoms with Crippen LogP contribution in [0.4, 0.5) is 0 Å². The van der Waals surface area contributed by atoms with Crippen LogP contribution in [0.1, 0.15) is 64.4 Å². The van der Waals surface area contributed by atoms with E-state index in [9.17, 15) is 9.59 Å². The topological polar surface area (TPSA) is 49.4 Å². The van der Waals surface area contributed by atoms with Gasteiger partial charge in [0.05, 0.1) is 0 Å². The summed E-state index contributed by atoms with van der Waals surface area (Å²) in [5.74, 6) is -0.0333. The van der Waals surface area contributed by atoms with E-state index in [4.69, 9.17) is 11.6 Å². The number of carbonyl (C=O) groups is 2. The van der Waals surface area contributed by atoms with E-state index in [2.05, 4.69) is 5.32 Å². The van der Waals surface area contributed by atoms with Crippen LogP contribution >= 0.6 is 11.6 Å². The van der Waals surface area contributed by atoms with Crippen molar-refractivity contribution in [3.63, 3.8) is 0 Å². The Morgan fingerprint density at radius 3 is 2.44 bits per heavy atom. The van der Waals surface area contributed by atoms with Crippen molar-refractivity contribution in [2.24, 2.45) is 0 Å². The summed E-state index contributed by atoms with van der Waals surface area (Å²) in [5, 5.41) is 3.80. The first-order valence-electron chi connectivity index (χ1n) is 9.35. The molecule has 1 aliphatic carbocycles. The summed E-state index contributed by atoms with van der Waals surface area (Å²) < 4.78 is 0. The third kappa shape index (κ3) is 6.03. The van der Waals surface area contributed by atoms with Gasteiger partial charge in [-0.1, -0.05) is 49.9 Å². The molecule has 1 aliphatic rings. The Hall–Kier alpha value is -1.55. The summed E-state index contributed by atoms with van der Waals surface area (Å²) in [6, 6.07) is 7.21. The van der Waals surface area contributed by atoms with Gasteiger partial charge < -0.3 is 10.2 Å². The first-order valence-corrected chi connectivity index (χ1v) is 9.73. The number of hydrogen-bond acceptors (Lipinski definition) is 2. The Morgan fingerprint density at radius 2 is 1.84 bits per heavy atom. The van der Waals surface area contributed by atoms with E-state index in [1.165, 1.54) is 19.3 Å². The normalized spacial score (nSPS) is 16.3. The highest BCUT2D eigenvalue weighted by Gasteiger charge is 2.27. The molecule has 0 saturated heterocycles. The molecular formula is C20H29ClN2O2. The Morgan fingerprint density at radius 1 is 1.20 bits per heavy atom. The zero-order chi connectivity index (χ0) is 18.2. The molecule has 1 atom stereocenters. The lowest BCUT2D eigenvalue weighted by Gasteiger charge is -2.31. The molecule has 25 heavy (non-hydrogen) atoms. The Balaban J connectivity index is 2.05. The molecule has 1 unspecified atom stereocenters. The first-order chi connectivity index (χ1) is 12.0. The van der Waals surface area contributed by atoms with E-state index >= 15 is 0 Å². The van der Waals surface area contributed by atoms with Crippen LogP contribution in [0.2, 0.25) is 5.02 Å². The molecule has 2 amide bonds. The van der Waals surface area contributed by atoms with E-state index in [1.807, 2.05) is 38.1 Å². The van der Waals surface area contributed by atoms with Crippen molar-refractivity contribution < 1.29 is 9.59 Å². The molecule has 1 fully saturated rings. The van der Waals surface area contributed by atoms with Gasteiger partial charge in [-0.05, 0) is 43.9 Å². The highest BCUT2D eigenvalue weighted by molar-refractivity contribution is 6.30. The lowest BCUT2D eigenvalue weighted by molar-refractivity contribution is -0.141. The van der Waals surface area contributed by atoms with Crippen LogP contribution in [0.3, 0.4) is 0 Å². The van der Waals surface area contributed by atoms with Crippen molar-refractivity contribution >= 4 is 23.4 Å². The minimum absolute atomic E-state index is 0.0174. The highest BCUT2D eigenvalue weighted by Crippen LogP contribution is 2.19. The number of halogens is 1. The molecule has 138 valence electrons. The lowest BCUT2D eigenvalue weighted by atomic mass is 9.95. The van der Waals surface area contributed by atoms with E-state index in [0.29, 0.717) is 18.0 Å². The van der Waals surface area contributed by atoms with E-state index in [-0.39, 0.29) is 17.9 Å². The molecule has 1 aromatic rings. The number of nitrogens with zero attached hydrogens (tertiary/aromatic N) is 1. The molecule has 0 aromatic heterocycles. The zero-order valence-electron chi connectivity index (χ0n) is 15.3. The quantitative estimate of drug-likeness (QED) is 0.783. The van der Waals surface area contributed by atoms with E-state index in [1.54, 1.807) is 4.90 Å². The Labute approximate surface area is 155 Å². The largest absolute Gasteiger partial charge is 0.352 e. The van der Waals surface area contributed by atoms with Crippen molar-refractivity contribution in [2.45, 2.75) is 77.4 Å². The fourth-order valence-electron chi connectivity index (χ4n) is 3.30. The Bertz CT molecular complexity index is 568. The predicted molar refractivity (Wildman–Crippen MR) is 101 cm³/mol. The van der Waals surface area contributed by atoms with Gasteiger partial charge in [0.1, 0.15) is 6.04 Å². The second kappa shape index (κ2) is 9.81. The average Bonchev–Trinajstić information content (AvgIpc) is 2.61. The summed E-state index contributed by atoms with van der Waals surface area (Å²) >= 11 is 5.94. The molecule has 0 radical (unpaired) electrons. The monoisotopic (exact) mass is 364 g/mol. The summed E-state index contributed by atoms with van der Waals surface area (Å²) in [6.45, 7) is 4.22. The van der Waals surface area contributed by atoms with Gasteiger partial charge >= 0.3 is 0 Å². The van der Waals surface area contributed by atoms with Crippen LogP contribution in [-0.4, -0.2) is 28.8 Å². The lowest BCUT2D eigenvalue weighted by Crippen LogP contribution is -2.50. The molecule has 1 N–H and O–H groups in total. The zero-order valence-corrected chi connectivity index (χ0v) is 16.0. The molecule has 2 rings (SSSR count). The summed E-state index contributed by atoms with van der Waals surface area (Å²) in [5.41, 5.74) is 0.978. The highest BCUT2D eigenvalue weighted by atomic mass is 35.5. The van der Waals surface area contributed by atoms with Gasteiger partial charge in [0.15, 0.2) is 0 Å². The van der Waals surface area contributed by atoms with Crippen molar-refractivity contribution in [1.82, 2.24) is 10.2 Å². The third-order valence-corrected chi connectivity index (χ3v) is 5.10. The van der Waals surface area contributed by atoms with Crippen LogP contribution in [0, 0.1) is 0 Å². The van der Waals surface area contributed by atoms with Gasteiger partial charge in [-0.15, -0.1) is 0 Å². The fourth-order valence-corrected chi connectivity index (χ4v) is 3.42.